The fourth-order valence-electron chi connectivity index (χ4n) is 3.95. The van der Waals surface area contributed by atoms with Gasteiger partial charge in [0.15, 0.2) is 5.82 Å². The van der Waals surface area contributed by atoms with Gasteiger partial charge in [-0.25, -0.2) is 9.97 Å². The molecular formula is C29H31ClN4O. The van der Waals surface area contributed by atoms with Gasteiger partial charge in [-0.15, -0.1) is 0 Å². The van der Waals surface area contributed by atoms with Gasteiger partial charge in [0.25, 0.3) is 0 Å². The van der Waals surface area contributed by atoms with Crippen LogP contribution in [0.3, 0.4) is 0 Å². The van der Waals surface area contributed by atoms with Crippen LogP contribution in [0.2, 0.25) is 5.02 Å². The van der Waals surface area contributed by atoms with Crippen LogP contribution in [0.4, 0.5) is 5.82 Å². The highest BCUT2D eigenvalue weighted by atomic mass is 35.5. The highest BCUT2D eigenvalue weighted by Crippen LogP contribution is 2.28. The van der Waals surface area contributed by atoms with Crippen LogP contribution in [-0.2, 0) is 11.2 Å². The molecule has 1 atom stereocenters. The Bertz CT molecular complexity index is 1260. The maximum Gasteiger partial charge on any atom is 0.221 e. The molecule has 1 amide bonds. The largest absolute Gasteiger partial charge is 0.355 e. The molecule has 0 spiro atoms. The quantitative estimate of drug-likeness (QED) is 0.285. The van der Waals surface area contributed by atoms with Crippen molar-refractivity contribution < 1.29 is 4.79 Å². The molecule has 0 aliphatic heterocycles. The predicted molar refractivity (Wildman–Crippen MR) is 145 cm³/mol. The summed E-state index contributed by atoms with van der Waals surface area (Å²) < 4.78 is 0. The van der Waals surface area contributed by atoms with Gasteiger partial charge < -0.3 is 10.2 Å². The van der Waals surface area contributed by atoms with E-state index in [1.165, 1.54) is 5.56 Å². The summed E-state index contributed by atoms with van der Waals surface area (Å²) in [6, 6.07) is 26.2. The van der Waals surface area contributed by atoms with Gasteiger partial charge in [0.05, 0.1) is 5.52 Å². The number of carbonyl (C=O) groups is 1. The number of carbonyl (C=O) groups excluding carboxylic acids is 1. The Morgan fingerprint density at radius 2 is 1.66 bits per heavy atom. The zero-order chi connectivity index (χ0) is 24.6. The fraction of sp³-hybridized carbons (Fsp3) is 0.276. The zero-order valence-corrected chi connectivity index (χ0v) is 21.0. The minimum Gasteiger partial charge on any atom is -0.355 e. The molecule has 1 heterocycles. The van der Waals surface area contributed by atoms with Crippen molar-refractivity contribution in [3.05, 3.63) is 89.4 Å². The number of para-hydroxylation sites is 1. The zero-order valence-electron chi connectivity index (χ0n) is 20.2. The number of halogens is 1. The summed E-state index contributed by atoms with van der Waals surface area (Å²) in [5, 5.41) is 4.72. The lowest BCUT2D eigenvalue weighted by Gasteiger charge is -2.26. The molecule has 0 aliphatic rings. The summed E-state index contributed by atoms with van der Waals surface area (Å²) in [5.74, 6) is 1.54. The number of rotatable bonds is 10. The van der Waals surface area contributed by atoms with Crippen LogP contribution >= 0.6 is 11.6 Å². The van der Waals surface area contributed by atoms with Crippen molar-refractivity contribution in [2.75, 3.05) is 18.0 Å². The molecule has 0 fully saturated rings. The Morgan fingerprint density at radius 3 is 2.40 bits per heavy atom. The van der Waals surface area contributed by atoms with E-state index in [1.54, 1.807) is 0 Å². The van der Waals surface area contributed by atoms with E-state index in [0.29, 0.717) is 23.8 Å². The Kier molecular flexibility index (Phi) is 8.32. The SMILES string of the molecule is CC[C@H](C)NC(=O)CCN(CCc1ccccc1)c1nc(-c2ccc(Cl)cc2)nc2ccccc12. The van der Waals surface area contributed by atoms with Gasteiger partial charge >= 0.3 is 0 Å². The molecule has 0 aliphatic carbocycles. The maximum absolute atomic E-state index is 12.6. The van der Waals surface area contributed by atoms with Crippen LogP contribution in [-0.4, -0.2) is 35.0 Å². The molecule has 0 radical (unpaired) electrons. The first-order chi connectivity index (χ1) is 17.0. The fourth-order valence-corrected chi connectivity index (χ4v) is 4.07. The molecule has 0 saturated heterocycles. The molecule has 1 aromatic heterocycles. The van der Waals surface area contributed by atoms with E-state index in [2.05, 4.69) is 41.4 Å². The number of hydrogen-bond donors (Lipinski definition) is 1. The average molecular weight is 487 g/mol. The van der Waals surface area contributed by atoms with Crippen LogP contribution in [0, 0.1) is 0 Å². The summed E-state index contributed by atoms with van der Waals surface area (Å²) in [4.78, 5) is 24.7. The normalized spacial score (nSPS) is 11.9. The number of aromatic nitrogens is 2. The molecule has 1 N–H and O–H groups in total. The second-order valence-corrected chi connectivity index (χ2v) is 9.18. The maximum atomic E-state index is 12.6. The molecule has 4 aromatic rings. The summed E-state index contributed by atoms with van der Waals surface area (Å²) >= 11 is 6.11. The van der Waals surface area contributed by atoms with Gasteiger partial charge in [-0.05, 0) is 61.7 Å². The third-order valence-electron chi connectivity index (χ3n) is 6.13. The van der Waals surface area contributed by atoms with Crippen LogP contribution in [0.5, 0.6) is 0 Å². The highest BCUT2D eigenvalue weighted by Gasteiger charge is 2.17. The smallest absolute Gasteiger partial charge is 0.221 e. The van der Waals surface area contributed by atoms with Gasteiger partial charge in [0.1, 0.15) is 5.82 Å². The minimum atomic E-state index is 0.0559. The number of nitrogens with one attached hydrogen (secondary N) is 1. The Labute approximate surface area is 212 Å². The third-order valence-corrected chi connectivity index (χ3v) is 6.38. The van der Waals surface area contributed by atoms with Crippen LogP contribution in [0.15, 0.2) is 78.9 Å². The van der Waals surface area contributed by atoms with Gasteiger partial charge in [-0.3, -0.25) is 4.79 Å². The lowest BCUT2D eigenvalue weighted by Crippen LogP contribution is -2.36. The number of benzene rings is 3. The van der Waals surface area contributed by atoms with E-state index in [4.69, 9.17) is 21.6 Å². The van der Waals surface area contributed by atoms with E-state index in [9.17, 15) is 4.79 Å². The molecule has 5 nitrogen and oxygen atoms in total. The number of hydrogen-bond acceptors (Lipinski definition) is 4. The van der Waals surface area contributed by atoms with Crippen molar-refractivity contribution in [2.45, 2.75) is 39.2 Å². The van der Waals surface area contributed by atoms with Gasteiger partial charge in [0, 0.05) is 41.5 Å². The van der Waals surface area contributed by atoms with E-state index in [1.807, 2.05) is 61.5 Å². The molecule has 4 rings (SSSR count). The highest BCUT2D eigenvalue weighted by molar-refractivity contribution is 6.30. The molecule has 0 saturated carbocycles. The van der Waals surface area contributed by atoms with E-state index >= 15 is 0 Å². The molecule has 0 bridgehead atoms. The summed E-state index contributed by atoms with van der Waals surface area (Å²) in [5.41, 5.74) is 3.02. The number of anilines is 1. The molecule has 3 aromatic carbocycles. The molecule has 6 heteroatoms. The van der Waals surface area contributed by atoms with Gasteiger partial charge in [-0.1, -0.05) is 61.0 Å². The molecule has 35 heavy (non-hydrogen) atoms. The molecule has 180 valence electrons. The van der Waals surface area contributed by atoms with Crippen molar-refractivity contribution in [1.82, 2.24) is 15.3 Å². The summed E-state index contributed by atoms with van der Waals surface area (Å²) in [6.07, 6.45) is 2.15. The van der Waals surface area contributed by atoms with Crippen molar-refractivity contribution >= 4 is 34.2 Å². The van der Waals surface area contributed by atoms with Crippen molar-refractivity contribution in [1.29, 1.82) is 0 Å². The van der Waals surface area contributed by atoms with Crippen LogP contribution in [0.25, 0.3) is 22.3 Å². The number of fused-ring (bicyclic) bond motifs is 1. The number of amides is 1. The lowest BCUT2D eigenvalue weighted by molar-refractivity contribution is -0.121. The molecular weight excluding hydrogens is 456 g/mol. The first kappa shape index (κ1) is 24.7. The first-order valence-corrected chi connectivity index (χ1v) is 12.5. The topological polar surface area (TPSA) is 58.1 Å². The predicted octanol–water partition coefficient (Wildman–Crippen LogP) is 6.30. The number of nitrogens with zero attached hydrogens (tertiary/aromatic N) is 3. The Morgan fingerprint density at radius 1 is 0.943 bits per heavy atom. The van der Waals surface area contributed by atoms with E-state index < -0.39 is 0 Å². The van der Waals surface area contributed by atoms with Crippen molar-refractivity contribution in [3.63, 3.8) is 0 Å². The summed E-state index contributed by atoms with van der Waals surface area (Å²) in [7, 11) is 0. The average Bonchev–Trinajstić information content (AvgIpc) is 2.89. The van der Waals surface area contributed by atoms with Crippen molar-refractivity contribution in [3.8, 4) is 11.4 Å². The second-order valence-electron chi connectivity index (χ2n) is 8.74. The first-order valence-electron chi connectivity index (χ1n) is 12.1. The summed E-state index contributed by atoms with van der Waals surface area (Å²) in [6.45, 7) is 5.40. The monoisotopic (exact) mass is 486 g/mol. The van der Waals surface area contributed by atoms with Crippen LogP contribution < -0.4 is 10.2 Å². The lowest BCUT2D eigenvalue weighted by atomic mass is 10.1. The van der Waals surface area contributed by atoms with Crippen molar-refractivity contribution in [2.24, 2.45) is 0 Å². The third kappa shape index (κ3) is 6.58. The molecule has 0 unspecified atom stereocenters. The van der Waals surface area contributed by atoms with Crippen LogP contribution in [0.1, 0.15) is 32.3 Å². The standard InChI is InChI=1S/C29H31ClN4O/c1-3-21(2)31-27(35)18-20-34(19-17-22-9-5-4-6-10-22)29-25-11-7-8-12-26(25)32-28(33-29)23-13-15-24(30)16-14-23/h4-16,21H,3,17-20H2,1-2H3,(H,31,35)/t21-/m0/s1. The van der Waals surface area contributed by atoms with Gasteiger partial charge in [0.2, 0.25) is 5.91 Å². The van der Waals surface area contributed by atoms with E-state index in [0.717, 1.165) is 41.7 Å². The van der Waals surface area contributed by atoms with E-state index in [-0.39, 0.29) is 11.9 Å². The Hall–Kier alpha value is -3.44. The minimum absolute atomic E-state index is 0.0559. The Balaban J connectivity index is 1.69. The van der Waals surface area contributed by atoms with Gasteiger partial charge in [-0.2, -0.15) is 0 Å². The second kappa shape index (κ2) is 11.8.